The number of unbranched alkanes of at least 4 members (excludes halogenated alkanes) is 1. The molecular weight excluding hydrogens is 334 g/mol. The van der Waals surface area contributed by atoms with E-state index in [4.69, 9.17) is 4.84 Å². The van der Waals surface area contributed by atoms with Crippen molar-refractivity contribution in [2.45, 2.75) is 52.1 Å². The number of amides is 2. The van der Waals surface area contributed by atoms with E-state index in [2.05, 4.69) is 16.9 Å². The predicted octanol–water partition coefficient (Wildman–Crippen LogP) is 0.951. The first-order valence-electron chi connectivity index (χ1n) is 9.16. The molecule has 2 aliphatic rings. The number of allylic oxidation sites excluding steroid dienone is 1. The van der Waals surface area contributed by atoms with Gasteiger partial charge in [-0.3, -0.25) is 9.59 Å². The molecule has 0 bridgehead atoms. The van der Waals surface area contributed by atoms with E-state index in [0.717, 1.165) is 25.0 Å². The Bertz CT molecular complexity index is 587. The second-order valence-electron chi connectivity index (χ2n) is 7.14. The van der Waals surface area contributed by atoms with Crippen molar-refractivity contribution in [3.63, 3.8) is 0 Å². The summed E-state index contributed by atoms with van der Waals surface area (Å²) in [7, 11) is 3.45. The van der Waals surface area contributed by atoms with Gasteiger partial charge in [-0.25, -0.2) is 0 Å². The first-order chi connectivity index (χ1) is 12.3. The van der Waals surface area contributed by atoms with Crippen LogP contribution in [0.15, 0.2) is 23.4 Å². The summed E-state index contributed by atoms with van der Waals surface area (Å²) in [5, 5.41) is 3.15. The molecule has 0 saturated heterocycles. The zero-order chi connectivity index (χ0) is 19.3. The van der Waals surface area contributed by atoms with Gasteiger partial charge in [-0.1, -0.05) is 0 Å². The molecule has 0 aliphatic carbocycles. The Kier molecular flexibility index (Phi) is 6.90. The lowest BCUT2D eigenvalue weighted by atomic mass is 10.2. The summed E-state index contributed by atoms with van der Waals surface area (Å²) in [5.74, 6) is 1.46. The van der Waals surface area contributed by atoms with Crippen LogP contribution in [-0.4, -0.2) is 66.4 Å². The van der Waals surface area contributed by atoms with Gasteiger partial charge in [0.2, 0.25) is 6.41 Å². The smallest absolute Gasteiger partial charge is 0.273 e. The summed E-state index contributed by atoms with van der Waals surface area (Å²) in [4.78, 5) is 34.6. The Labute approximate surface area is 155 Å². The highest BCUT2D eigenvalue weighted by atomic mass is 16.7. The van der Waals surface area contributed by atoms with E-state index in [1.807, 2.05) is 25.7 Å². The van der Waals surface area contributed by atoms with Crippen LogP contribution in [0.5, 0.6) is 0 Å². The maximum atomic E-state index is 13.0. The molecule has 2 aliphatic heterocycles. The quantitative estimate of drug-likeness (QED) is 0.468. The van der Waals surface area contributed by atoms with Crippen molar-refractivity contribution in [1.82, 2.24) is 25.5 Å². The molecule has 2 heterocycles. The third-order valence-corrected chi connectivity index (χ3v) is 4.59. The second kappa shape index (κ2) is 8.93. The van der Waals surface area contributed by atoms with E-state index >= 15 is 0 Å². The van der Waals surface area contributed by atoms with E-state index in [-0.39, 0.29) is 18.0 Å². The number of rotatable bonds is 9. The molecule has 1 atom stereocenters. The fourth-order valence-electron chi connectivity index (χ4n) is 3.05. The lowest BCUT2D eigenvalue weighted by Gasteiger charge is -2.28. The van der Waals surface area contributed by atoms with Crippen molar-refractivity contribution >= 4 is 12.3 Å². The molecular formula is C18H31N5O3. The summed E-state index contributed by atoms with van der Waals surface area (Å²) in [6.45, 7) is 7.28. The Morgan fingerprint density at radius 1 is 1.42 bits per heavy atom. The molecule has 0 spiro atoms. The zero-order valence-electron chi connectivity index (χ0n) is 16.4. The Morgan fingerprint density at radius 2 is 2.15 bits per heavy atom. The maximum absolute atomic E-state index is 13.0. The standard InChI is InChI=1S/C18H31N5O3/c1-13(2)23-11-19-17(22(5)12-24)16(23)18(25)21(4)9-7-6-8-15-10-14(3)20-26-15/h10,12-14,19-20H,6-9,11H2,1-5H3. The Balaban J connectivity index is 1.93. The van der Waals surface area contributed by atoms with Crippen molar-refractivity contribution in [3.8, 4) is 0 Å². The van der Waals surface area contributed by atoms with Crippen molar-refractivity contribution < 1.29 is 14.4 Å². The highest BCUT2D eigenvalue weighted by molar-refractivity contribution is 5.94. The van der Waals surface area contributed by atoms with Gasteiger partial charge in [-0.2, -0.15) is 5.48 Å². The van der Waals surface area contributed by atoms with Crippen LogP contribution in [0.25, 0.3) is 0 Å². The molecule has 0 aromatic carbocycles. The molecule has 0 aromatic rings. The maximum Gasteiger partial charge on any atom is 0.273 e. The van der Waals surface area contributed by atoms with Gasteiger partial charge in [0, 0.05) is 33.1 Å². The molecule has 2 N–H and O–H groups in total. The van der Waals surface area contributed by atoms with Gasteiger partial charge >= 0.3 is 0 Å². The highest BCUT2D eigenvalue weighted by Gasteiger charge is 2.33. The number of hydrogen-bond donors (Lipinski definition) is 2. The third kappa shape index (κ3) is 4.69. The summed E-state index contributed by atoms with van der Waals surface area (Å²) < 4.78 is 0. The van der Waals surface area contributed by atoms with Gasteiger partial charge in [0.05, 0.1) is 12.7 Å². The average Bonchev–Trinajstić information content (AvgIpc) is 3.23. The number of likely N-dealkylation sites (N-methyl/N-ethyl adjacent to an activating group) is 1. The van der Waals surface area contributed by atoms with Gasteiger partial charge in [-0.15, -0.1) is 0 Å². The van der Waals surface area contributed by atoms with Gasteiger partial charge in [0.15, 0.2) is 0 Å². The molecule has 8 nitrogen and oxygen atoms in total. The zero-order valence-corrected chi connectivity index (χ0v) is 16.4. The van der Waals surface area contributed by atoms with E-state index in [1.54, 1.807) is 19.0 Å². The van der Waals surface area contributed by atoms with Crippen LogP contribution in [0.1, 0.15) is 40.0 Å². The number of carbonyl (C=O) groups is 2. The molecule has 2 amide bonds. The van der Waals surface area contributed by atoms with Gasteiger partial charge in [0.1, 0.15) is 17.3 Å². The fourth-order valence-corrected chi connectivity index (χ4v) is 3.05. The summed E-state index contributed by atoms with van der Waals surface area (Å²) in [5.41, 5.74) is 3.45. The van der Waals surface area contributed by atoms with Crippen molar-refractivity contribution in [2.24, 2.45) is 0 Å². The number of nitrogens with one attached hydrogen (secondary N) is 2. The van der Waals surface area contributed by atoms with Crippen molar-refractivity contribution in [3.05, 3.63) is 23.4 Å². The molecule has 8 heteroatoms. The second-order valence-corrected chi connectivity index (χ2v) is 7.14. The first kappa shape index (κ1) is 20.1. The third-order valence-electron chi connectivity index (χ3n) is 4.59. The fraction of sp³-hybridized carbons (Fsp3) is 0.667. The summed E-state index contributed by atoms with van der Waals surface area (Å²) in [6.07, 6.45) is 5.49. The molecule has 0 radical (unpaired) electrons. The normalized spacial score (nSPS) is 19.4. The molecule has 146 valence electrons. The van der Waals surface area contributed by atoms with Crippen LogP contribution in [-0.2, 0) is 14.4 Å². The number of nitrogens with zero attached hydrogens (tertiary/aromatic N) is 3. The summed E-state index contributed by atoms with van der Waals surface area (Å²) >= 11 is 0. The van der Waals surface area contributed by atoms with E-state index in [0.29, 0.717) is 31.1 Å². The highest BCUT2D eigenvalue weighted by Crippen LogP contribution is 2.22. The molecule has 0 saturated carbocycles. The van der Waals surface area contributed by atoms with Crippen LogP contribution in [0.2, 0.25) is 0 Å². The molecule has 1 unspecified atom stereocenters. The van der Waals surface area contributed by atoms with Gasteiger partial charge < -0.3 is 24.9 Å². The minimum atomic E-state index is -0.0704. The van der Waals surface area contributed by atoms with E-state index in [1.165, 1.54) is 4.90 Å². The average molecular weight is 365 g/mol. The lowest BCUT2D eigenvalue weighted by Crippen LogP contribution is -2.39. The first-order valence-corrected chi connectivity index (χ1v) is 9.16. The molecule has 2 rings (SSSR count). The molecule has 0 fully saturated rings. The SMILES string of the molecule is CC1C=C(CCCCN(C)C(=O)C2=C(N(C)C=O)NCN2C(C)C)ON1. The van der Waals surface area contributed by atoms with Crippen molar-refractivity contribution in [2.75, 3.05) is 27.3 Å². The predicted molar refractivity (Wildman–Crippen MR) is 99.1 cm³/mol. The topological polar surface area (TPSA) is 77.2 Å². The van der Waals surface area contributed by atoms with Crippen LogP contribution in [0.3, 0.4) is 0 Å². The van der Waals surface area contributed by atoms with Crippen molar-refractivity contribution in [1.29, 1.82) is 0 Å². The van der Waals surface area contributed by atoms with E-state index < -0.39 is 0 Å². The van der Waals surface area contributed by atoms with Crippen LogP contribution in [0.4, 0.5) is 0 Å². The Morgan fingerprint density at radius 3 is 2.73 bits per heavy atom. The molecule has 26 heavy (non-hydrogen) atoms. The van der Waals surface area contributed by atoms with Gasteiger partial charge in [-0.05, 0) is 39.7 Å². The van der Waals surface area contributed by atoms with Gasteiger partial charge in [0.25, 0.3) is 5.91 Å². The Hall–Kier alpha value is -2.22. The number of hydrogen-bond acceptors (Lipinski definition) is 6. The minimum absolute atomic E-state index is 0.0704. The van der Waals surface area contributed by atoms with Crippen LogP contribution < -0.4 is 10.8 Å². The monoisotopic (exact) mass is 365 g/mol. The molecule has 0 aromatic heterocycles. The summed E-state index contributed by atoms with van der Waals surface area (Å²) in [6, 6.07) is 0.416. The van der Waals surface area contributed by atoms with Crippen LogP contribution in [0, 0.1) is 0 Å². The minimum Gasteiger partial charge on any atom is -0.413 e. The largest absolute Gasteiger partial charge is 0.413 e. The van der Waals surface area contributed by atoms with E-state index in [9.17, 15) is 9.59 Å². The lowest BCUT2D eigenvalue weighted by molar-refractivity contribution is -0.127. The number of carbonyl (C=O) groups excluding carboxylic acids is 2. The number of hydroxylamine groups is 1. The van der Waals surface area contributed by atoms with Crippen LogP contribution >= 0.6 is 0 Å².